The van der Waals surface area contributed by atoms with Crippen molar-refractivity contribution in [3.63, 3.8) is 0 Å². The van der Waals surface area contributed by atoms with Crippen LogP contribution < -0.4 is 5.32 Å². The zero-order chi connectivity index (χ0) is 14.4. The summed E-state index contributed by atoms with van der Waals surface area (Å²) in [5.41, 5.74) is 0.0954. The van der Waals surface area contributed by atoms with Gasteiger partial charge in [-0.05, 0) is 36.9 Å². The second-order valence-corrected chi connectivity index (χ2v) is 8.26. The Labute approximate surface area is 129 Å². The fourth-order valence-corrected chi connectivity index (χ4v) is 5.36. The van der Waals surface area contributed by atoms with Gasteiger partial charge in [-0.1, -0.05) is 29.3 Å². The highest BCUT2D eigenvalue weighted by molar-refractivity contribution is 7.89. The van der Waals surface area contributed by atoms with Gasteiger partial charge in [0.1, 0.15) is 4.90 Å². The normalized spacial score (nSPS) is 27.5. The van der Waals surface area contributed by atoms with Gasteiger partial charge in [0.15, 0.2) is 0 Å². The number of nitrogens with zero attached hydrogens (tertiary/aromatic N) is 1. The van der Waals surface area contributed by atoms with Crippen LogP contribution in [0, 0.1) is 5.41 Å². The first-order valence-corrected chi connectivity index (χ1v) is 8.79. The smallest absolute Gasteiger partial charge is 0.244 e. The van der Waals surface area contributed by atoms with Gasteiger partial charge in [0.25, 0.3) is 0 Å². The molecule has 20 heavy (non-hydrogen) atoms. The zero-order valence-corrected chi connectivity index (χ0v) is 13.2. The second kappa shape index (κ2) is 5.14. The monoisotopic (exact) mass is 334 g/mol. The molecular formula is C13H16Cl2N2O2S. The second-order valence-electron chi connectivity index (χ2n) is 5.57. The molecule has 1 aromatic rings. The molecule has 0 saturated carbocycles. The molecule has 2 heterocycles. The van der Waals surface area contributed by atoms with E-state index in [1.165, 1.54) is 10.4 Å². The summed E-state index contributed by atoms with van der Waals surface area (Å²) in [6.45, 7) is 2.96. The lowest BCUT2D eigenvalue weighted by Gasteiger charge is -2.23. The molecule has 4 nitrogen and oxygen atoms in total. The van der Waals surface area contributed by atoms with Crippen molar-refractivity contribution in [1.29, 1.82) is 0 Å². The lowest BCUT2D eigenvalue weighted by molar-refractivity contribution is 0.338. The van der Waals surface area contributed by atoms with Crippen LogP contribution in [0.25, 0.3) is 0 Å². The average Bonchev–Trinajstić information content (AvgIpc) is 3.04. The van der Waals surface area contributed by atoms with Gasteiger partial charge in [-0.15, -0.1) is 0 Å². The molecule has 2 fully saturated rings. The fraction of sp³-hybridized carbons (Fsp3) is 0.538. The van der Waals surface area contributed by atoms with Crippen LogP contribution in [-0.2, 0) is 10.0 Å². The van der Waals surface area contributed by atoms with E-state index >= 15 is 0 Å². The van der Waals surface area contributed by atoms with Gasteiger partial charge in [-0.3, -0.25) is 0 Å². The minimum absolute atomic E-state index is 0.0954. The Balaban J connectivity index is 1.91. The third kappa shape index (κ3) is 2.35. The van der Waals surface area contributed by atoms with E-state index in [0.29, 0.717) is 13.1 Å². The lowest BCUT2D eigenvalue weighted by Crippen LogP contribution is -2.33. The maximum absolute atomic E-state index is 12.7. The number of halogens is 2. The first kappa shape index (κ1) is 14.6. The highest BCUT2D eigenvalue weighted by Crippen LogP contribution is 2.40. The van der Waals surface area contributed by atoms with Gasteiger partial charge < -0.3 is 5.32 Å². The maximum atomic E-state index is 12.7. The van der Waals surface area contributed by atoms with Gasteiger partial charge in [0, 0.05) is 19.6 Å². The molecule has 0 aromatic heterocycles. The quantitative estimate of drug-likeness (QED) is 0.903. The highest BCUT2D eigenvalue weighted by atomic mass is 35.5. The lowest BCUT2D eigenvalue weighted by atomic mass is 9.87. The summed E-state index contributed by atoms with van der Waals surface area (Å²) < 4.78 is 27.0. The van der Waals surface area contributed by atoms with E-state index in [4.69, 9.17) is 23.2 Å². The van der Waals surface area contributed by atoms with E-state index in [0.717, 1.165) is 25.9 Å². The van der Waals surface area contributed by atoms with Gasteiger partial charge in [-0.2, -0.15) is 4.31 Å². The van der Waals surface area contributed by atoms with Crippen LogP contribution in [0.5, 0.6) is 0 Å². The van der Waals surface area contributed by atoms with Crippen LogP contribution in [0.2, 0.25) is 10.0 Å². The van der Waals surface area contributed by atoms with Crippen molar-refractivity contribution in [2.24, 2.45) is 5.41 Å². The molecule has 0 amide bonds. The molecule has 3 rings (SSSR count). The van der Waals surface area contributed by atoms with Crippen LogP contribution >= 0.6 is 23.2 Å². The summed E-state index contributed by atoms with van der Waals surface area (Å²) in [6.07, 6.45) is 1.93. The molecule has 7 heteroatoms. The minimum atomic E-state index is -3.57. The molecule has 0 bridgehead atoms. The summed E-state index contributed by atoms with van der Waals surface area (Å²) in [6, 6.07) is 4.72. The Bertz CT molecular complexity index is 627. The Morgan fingerprint density at radius 2 is 2.05 bits per heavy atom. The van der Waals surface area contributed by atoms with Crippen molar-refractivity contribution >= 4 is 33.2 Å². The highest BCUT2D eigenvalue weighted by Gasteiger charge is 2.44. The van der Waals surface area contributed by atoms with Crippen LogP contribution in [0.4, 0.5) is 0 Å². The van der Waals surface area contributed by atoms with Gasteiger partial charge >= 0.3 is 0 Å². The molecule has 1 N–H and O–H groups in total. The van der Waals surface area contributed by atoms with E-state index in [1.807, 2.05) is 0 Å². The predicted octanol–water partition coefficient (Wildman–Crippen LogP) is 2.37. The molecule has 1 spiro atoms. The number of benzene rings is 1. The number of sulfonamides is 1. The molecule has 110 valence electrons. The molecule has 2 aliphatic rings. The summed E-state index contributed by atoms with van der Waals surface area (Å²) >= 11 is 12.0. The van der Waals surface area contributed by atoms with E-state index in [9.17, 15) is 8.42 Å². The van der Waals surface area contributed by atoms with Crippen molar-refractivity contribution in [2.45, 2.75) is 17.7 Å². The van der Waals surface area contributed by atoms with Crippen molar-refractivity contribution in [3.05, 3.63) is 28.2 Å². The van der Waals surface area contributed by atoms with Gasteiger partial charge in [0.2, 0.25) is 10.0 Å². The first-order chi connectivity index (χ1) is 9.45. The Morgan fingerprint density at radius 3 is 2.75 bits per heavy atom. The Hall–Kier alpha value is -0.330. The number of rotatable bonds is 2. The molecule has 2 aliphatic heterocycles. The number of hydrogen-bond acceptors (Lipinski definition) is 3. The van der Waals surface area contributed by atoms with Crippen LogP contribution in [-0.4, -0.2) is 38.9 Å². The van der Waals surface area contributed by atoms with E-state index in [1.54, 1.807) is 12.1 Å². The minimum Gasteiger partial charge on any atom is -0.316 e. The Kier molecular flexibility index (Phi) is 3.75. The van der Waals surface area contributed by atoms with Crippen LogP contribution in [0.15, 0.2) is 23.1 Å². The summed E-state index contributed by atoms with van der Waals surface area (Å²) in [7, 11) is -3.57. The molecule has 2 saturated heterocycles. The summed E-state index contributed by atoms with van der Waals surface area (Å²) in [5.74, 6) is 0. The molecule has 0 radical (unpaired) electrons. The average molecular weight is 335 g/mol. The zero-order valence-electron chi connectivity index (χ0n) is 10.9. The van der Waals surface area contributed by atoms with E-state index in [-0.39, 0.29) is 20.4 Å². The largest absolute Gasteiger partial charge is 0.316 e. The molecular weight excluding hydrogens is 319 g/mol. The third-order valence-electron chi connectivity index (χ3n) is 4.27. The third-order valence-corrected chi connectivity index (χ3v) is 7.09. The van der Waals surface area contributed by atoms with Gasteiger partial charge in [-0.25, -0.2) is 8.42 Å². The van der Waals surface area contributed by atoms with Gasteiger partial charge in [0.05, 0.1) is 10.0 Å². The maximum Gasteiger partial charge on any atom is 0.244 e. The number of nitrogens with one attached hydrogen (secondary N) is 1. The molecule has 1 aromatic carbocycles. The number of hydrogen-bond donors (Lipinski definition) is 1. The van der Waals surface area contributed by atoms with E-state index in [2.05, 4.69) is 5.32 Å². The topological polar surface area (TPSA) is 49.4 Å². The fourth-order valence-electron chi connectivity index (χ4n) is 3.07. The van der Waals surface area contributed by atoms with Crippen LogP contribution in [0.1, 0.15) is 12.8 Å². The summed E-state index contributed by atoms with van der Waals surface area (Å²) in [5, 5.41) is 3.70. The van der Waals surface area contributed by atoms with E-state index < -0.39 is 10.0 Å². The van der Waals surface area contributed by atoms with Crippen molar-refractivity contribution in [3.8, 4) is 0 Å². The van der Waals surface area contributed by atoms with Crippen molar-refractivity contribution in [1.82, 2.24) is 9.62 Å². The molecule has 1 unspecified atom stereocenters. The van der Waals surface area contributed by atoms with Crippen LogP contribution in [0.3, 0.4) is 0 Å². The first-order valence-electron chi connectivity index (χ1n) is 6.60. The molecule has 1 atom stereocenters. The predicted molar refractivity (Wildman–Crippen MR) is 79.8 cm³/mol. The summed E-state index contributed by atoms with van der Waals surface area (Å²) in [4.78, 5) is 0.106. The van der Waals surface area contributed by atoms with Crippen molar-refractivity contribution < 1.29 is 8.42 Å². The van der Waals surface area contributed by atoms with Crippen molar-refractivity contribution in [2.75, 3.05) is 26.2 Å². The molecule has 0 aliphatic carbocycles. The Morgan fingerprint density at radius 1 is 1.25 bits per heavy atom. The standard InChI is InChI=1S/C13H16Cl2N2O2S/c14-10-2-1-3-11(12(10)15)20(18,19)17-7-5-13(9-17)4-6-16-8-13/h1-3,16H,4-9H2. The SMILES string of the molecule is O=S(=O)(c1cccc(Cl)c1Cl)N1CCC2(CCNC2)C1.